The first-order valence-electron chi connectivity index (χ1n) is 8.47. The molecule has 24 heavy (non-hydrogen) atoms. The number of unbranched alkanes of at least 4 members (excludes halogenated alkanes) is 3. The first-order valence-corrected chi connectivity index (χ1v) is 8.47. The molecule has 138 valence electrons. The van der Waals surface area contributed by atoms with Crippen molar-refractivity contribution >= 4 is 11.9 Å². The molecule has 0 aliphatic rings. The van der Waals surface area contributed by atoms with Crippen LogP contribution in [0.1, 0.15) is 51.4 Å². The highest BCUT2D eigenvalue weighted by molar-refractivity contribution is 5.69. The van der Waals surface area contributed by atoms with E-state index in [1.807, 2.05) is 0 Å². The molecule has 0 unspecified atom stereocenters. The number of esters is 2. The summed E-state index contributed by atoms with van der Waals surface area (Å²) >= 11 is 0. The van der Waals surface area contributed by atoms with E-state index >= 15 is 0 Å². The van der Waals surface area contributed by atoms with Crippen LogP contribution in [0.3, 0.4) is 0 Å². The molecule has 0 aromatic heterocycles. The largest absolute Gasteiger partial charge is 0.502 e. The maximum Gasteiger partial charge on any atom is 0.305 e. The van der Waals surface area contributed by atoms with Crippen molar-refractivity contribution in [3.05, 3.63) is 25.7 Å². The maximum atomic E-state index is 11.4. The van der Waals surface area contributed by atoms with Gasteiger partial charge in [0.25, 0.3) is 0 Å². The molecule has 0 saturated heterocycles. The summed E-state index contributed by atoms with van der Waals surface area (Å²) in [4.78, 5) is 22.9. The van der Waals surface area contributed by atoms with Gasteiger partial charge in [-0.1, -0.05) is 26.0 Å². The fraction of sp³-hybridized carbons (Fsp3) is 0.667. The minimum atomic E-state index is -0.185. The lowest BCUT2D eigenvalue weighted by Crippen LogP contribution is -2.08. The Morgan fingerprint density at radius 2 is 1.04 bits per heavy atom. The third kappa shape index (κ3) is 16.4. The van der Waals surface area contributed by atoms with E-state index in [0.29, 0.717) is 52.1 Å². The van der Waals surface area contributed by atoms with Gasteiger partial charge in [-0.05, 0) is 12.8 Å². The number of carbonyl (C=O) groups is 2. The highest BCUT2D eigenvalue weighted by Gasteiger charge is 2.04. The zero-order valence-corrected chi connectivity index (χ0v) is 14.5. The molecule has 0 aromatic rings. The van der Waals surface area contributed by atoms with Gasteiger partial charge < -0.3 is 18.9 Å². The van der Waals surface area contributed by atoms with Crippen LogP contribution < -0.4 is 0 Å². The lowest BCUT2D eigenvalue weighted by Gasteiger charge is -2.06. The van der Waals surface area contributed by atoms with Crippen LogP contribution in [-0.4, -0.2) is 38.4 Å². The van der Waals surface area contributed by atoms with E-state index < -0.39 is 0 Å². The second-order valence-electron chi connectivity index (χ2n) is 5.14. The summed E-state index contributed by atoms with van der Waals surface area (Å²) in [7, 11) is 0. The molecule has 0 saturated carbocycles. The highest BCUT2D eigenvalue weighted by atomic mass is 16.5. The summed E-state index contributed by atoms with van der Waals surface area (Å²) < 4.78 is 20.0. The standard InChI is InChI=1S/C18H30O6/c1-3-21-13-9-15-23-17(19)11-7-5-6-8-12-18(20)24-16-10-14-22-4-2/h3-4H,1-2,5-16H2. The van der Waals surface area contributed by atoms with Crippen molar-refractivity contribution < 1.29 is 28.5 Å². The Kier molecular flexibility index (Phi) is 15.9. The van der Waals surface area contributed by atoms with E-state index in [9.17, 15) is 9.59 Å². The number of rotatable bonds is 17. The third-order valence-corrected chi connectivity index (χ3v) is 3.09. The second kappa shape index (κ2) is 17.4. The molecule has 0 rings (SSSR count). The minimum absolute atomic E-state index is 0.185. The van der Waals surface area contributed by atoms with Crippen molar-refractivity contribution in [3.63, 3.8) is 0 Å². The topological polar surface area (TPSA) is 71.1 Å². The minimum Gasteiger partial charge on any atom is -0.502 e. The Bertz CT molecular complexity index is 319. The van der Waals surface area contributed by atoms with E-state index in [2.05, 4.69) is 13.2 Å². The van der Waals surface area contributed by atoms with E-state index in [4.69, 9.17) is 18.9 Å². The smallest absolute Gasteiger partial charge is 0.305 e. The second-order valence-corrected chi connectivity index (χ2v) is 5.14. The maximum absolute atomic E-state index is 11.4. The van der Waals surface area contributed by atoms with Gasteiger partial charge in [0.1, 0.15) is 0 Å². The van der Waals surface area contributed by atoms with Crippen LogP contribution >= 0.6 is 0 Å². The summed E-state index contributed by atoms with van der Waals surface area (Å²) in [6.45, 7) is 8.61. The van der Waals surface area contributed by atoms with Crippen molar-refractivity contribution in [3.8, 4) is 0 Å². The van der Waals surface area contributed by atoms with Gasteiger partial charge in [-0.2, -0.15) is 0 Å². The van der Waals surface area contributed by atoms with Crippen LogP contribution in [0.5, 0.6) is 0 Å². The van der Waals surface area contributed by atoms with E-state index in [0.717, 1.165) is 25.7 Å². The Labute approximate surface area is 144 Å². The van der Waals surface area contributed by atoms with Crippen molar-refractivity contribution in [1.82, 2.24) is 0 Å². The first kappa shape index (κ1) is 22.0. The summed E-state index contributed by atoms with van der Waals surface area (Å²) in [5.74, 6) is -0.371. The molecule has 6 heteroatoms. The van der Waals surface area contributed by atoms with E-state index in [-0.39, 0.29) is 11.9 Å². The zero-order chi connectivity index (χ0) is 17.9. The summed E-state index contributed by atoms with van der Waals surface area (Å²) in [5, 5.41) is 0. The van der Waals surface area contributed by atoms with Gasteiger partial charge in [-0.3, -0.25) is 9.59 Å². The monoisotopic (exact) mass is 342 g/mol. The fourth-order valence-corrected chi connectivity index (χ4v) is 1.86. The van der Waals surface area contributed by atoms with Crippen molar-refractivity contribution in [2.24, 2.45) is 0 Å². The number of hydrogen-bond acceptors (Lipinski definition) is 6. The van der Waals surface area contributed by atoms with Gasteiger partial charge in [0.05, 0.1) is 39.0 Å². The van der Waals surface area contributed by atoms with Crippen molar-refractivity contribution in [2.45, 2.75) is 51.4 Å². The van der Waals surface area contributed by atoms with Crippen LogP contribution in [0.15, 0.2) is 25.7 Å². The molecule has 0 amide bonds. The molecular weight excluding hydrogens is 312 g/mol. The molecule has 0 aliphatic carbocycles. The van der Waals surface area contributed by atoms with Crippen molar-refractivity contribution in [2.75, 3.05) is 26.4 Å². The van der Waals surface area contributed by atoms with Gasteiger partial charge in [-0.15, -0.1) is 0 Å². The van der Waals surface area contributed by atoms with Crippen LogP contribution in [-0.2, 0) is 28.5 Å². The van der Waals surface area contributed by atoms with Gasteiger partial charge in [0.15, 0.2) is 0 Å². The first-order chi connectivity index (χ1) is 11.7. The van der Waals surface area contributed by atoms with Gasteiger partial charge in [-0.25, -0.2) is 0 Å². The van der Waals surface area contributed by atoms with E-state index in [1.165, 1.54) is 12.5 Å². The SMILES string of the molecule is C=COCCCOC(=O)CCCCCCC(=O)OCCCOC=C. The Morgan fingerprint density at radius 3 is 1.42 bits per heavy atom. The average Bonchev–Trinajstić information content (AvgIpc) is 2.57. The van der Waals surface area contributed by atoms with E-state index in [1.54, 1.807) is 0 Å². The molecule has 0 heterocycles. The molecule has 0 N–H and O–H groups in total. The number of ether oxygens (including phenoxy) is 4. The van der Waals surface area contributed by atoms with Crippen LogP contribution in [0.4, 0.5) is 0 Å². The van der Waals surface area contributed by atoms with Gasteiger partial charge in [0.2, 0.25) is 0 Å². The molecule has 0 bridgehead atoms. The fourth-order valence-electron chi connectivity index (χ4n) is 1.86. The predicted octanol–water partition coefficient (Wildman–Crippen LogP) is 3.51. The van der Waals surface area contributed by atoms with Crippen LogP contribution in [0.25, 0.3) is 0 Å². The molecule has 0 fully saturated rings. The molecular formula is C18H30O6. The summed E-state index contributed by atoms with van der Waals surface area (Å²) in [6.07, 6.45) is 8.24. The van der Waals surface area contributed by atoms with Crippen LogP contribution in [0, 0.1) is 0 Å². The molecule has 0 atom stereocenters. The molecule has 0 aromatic carbocycles. The summed E-state index contributed by atoms with van der Waals surface area (Å²) in [5.41, 5.74) is 0. The Balaban J connectivity index is 3.31. The van der Waals surface area contributed by atoms with Gasteiger partial charge in [0, 0.05) is 25.7 Å². The number of carbonyl (C=O) groups excluding carboxylic acids is 2. The predicted molar refractivity (Wildman–Crippen MR) is 91.2 cm³/mol. The molecule has 6 nitrogen and oxygen atoms in total. The molecule has 0 spiro atoms. The quantitative estimate of drug-likeness (QED) is 0.229. The van der Waals surface area contributed by atoms with Crippen molar-refractivity contribution in [1.29, 1.82) is 0 Å². The Morgan fingerprint density at radius 1 is 0.625 bits per heavy atom. The normalized spacial score (nSPS) is 9.83. The lowest BCUT2D eigenvalue weighted by atomic mass is 10.1. The lowest BCUT2D eigenvalue weighted by molar-refractivity contribution is -0.145. The average molecular weight is 342 g/mol. The molecule has 0 aliphatic heterocycles. The summed E-state index contributed by atoms with van der Waals surface area (Å²) in [6, 6.07) is 0. The third-order valence-electron chi connectivity index (χ3n) is 3.09. The van der Waals surface area contributed by atoms with Crippen LogP contribution in [0.2, 0.25) is 0 Å². The zero-order valence-electron chi connectivity index (χ0n) is 14.5. The molecule has 0 radical (unpaired) electrons. The Hall–Kier alpha value is -1.98. The number of hydrogen-bond donors (Lipinski definition) is 0. The highest BCUT2D eigenvalue weighted by Crippen LogP contribution is 2.07. The van der Waals surface area contributed by atoms with Gasteiger partial charge >= 0.3 is 11.9 Å².